The zero-order valence-electron chi connectivity index (χ0n) is 15.9. The third-order valence-electron chi connectivity index (χ3n) is 5.48. The zero-order valence-corrected chi connectivity index (χ0v) is 15.9. The molecule has 1 fully saturated rings. The average molecular weight is 351 g/mol. The van der Waals surface area contributed by atoms with Crippen molar-refractivity contribution in [3.8, 4) is 0 Å². The van der Waals surface area contributed by atoms with E-state index in [0.717, 1.165) is 30.5 Å². The average Bonchev–Trinajstić information content (AvgIpc) is 3.21. The molecule has 138 valence electrons. The van der Waals surface area contributed by atoms with Crippen molar-refractivity contribution in [2.24, 2.45) is 5.92 Å². The van der Waals surface area contributed by atoms with E-state index in [1.807, 2.05) is 6.92 Å². The van der Waals surface area contributed by atoms with Crippen molar-refractivity contribution in [2.75, 3.05) is 26.7 Å². The number of H-pyrrole nitrogens is 1. The Morgan fingerprint density at radius 1 is 1.15 bits per heavy atom. The third kappa shape index (κ3) is 4.19. The fourth-order valence-corrected chi connectivity index (χ4v) is 4.13. The van der Waals surface area contributed by atoms with Crippen LogP contribution in [0.3, 0.4) is 0 Å². The molecule has 1 aliphatic heterocycles. The second kappa shape index (κ2) is 7.68. The molecule has 4 heteroatoms. The van der Waals surface area contributed by atoms with Gasteiger partial charge in [0.15, 0.2) is 0 Å². The van der Waals surface area contributed by atoms with Crippen LogP contribution in [0.25, 0.3) is 10.9 Å². The van der Waals surface area contributed by atoms with E-state index in [2.05, 4.69) is 64.3 Å². The maximum absolute atomic E-state index is 5.72. The molecule has 0 amide bonds. The van der Waals surface area contributed by atoms with E-state index in [1.165, 1.54) is 49.1 Å². The van der Waals surface area contributed by atoms with Gasteiger partial charge in [-0.05, 0) is 75.5 Å². The monoisotopic (exact) mass is 351 g/mol. The number of aromatic amines is 1. The van der Waals surface area contributed by atoms with Crippen LogP contribution in [-0.4, -0.2) is 41.5 Å². The molecule has 26 heavy (non-hydrogen) atoms. The molecule has 0 spiro atoms. The minimum Gasteiger partial charge on any atom is -0.465 e. The highest BCUT2D eigenvalue weighted by Crippen LogP contribution is 2.22. The SMILES string of the molecule is Cc1ccc(CN2CCC(CN(C)Cc3cc4ccccc4[nH]3)CC2)o1. The van der Waals surface area contributed by atoms with Crippen LogP contribution in [0.1, 0.15) is 30.1 Å². The molecule has 0 bridgehead atoms. The molecule has 4 nitrogen and oxygen atoms in total. The molecule has 0 saturated carbocycles. The summed E-state index contributed by atoms with van der Waals surface area (Å²) in [4.78, 5) is 8.52. The largest absolute Gasteiger partial charge is 0.465 e. The van der Waals surface area contributed by atoms with E-state index >= 15 is 0 Å². The van der Waals surface area contributed by atoms with Gasteiger partial charge in [-0.15, -0.1) is 0 Å². The van der Waals surface area contributed by atoms with Crippen molar-refractivity contribution < 1.29 is 4.42 Å². The Morgan fingerprint density at radius 3 is 2.69 bits per heavy atom. The number of furan rings is 1. The smallest absolute Gasteiger partial charge is 0.118 e. The molecule has 1 aromatic carbocycles. The van der Waals surface area contributed by atoms with Crippen molar-refractivity contribution in [2.45, 2.75) is 32.9 Å². The number of hydrogen-bond acceptors (Lipinski definition) is 3. The summed E-state index contributed by atoms with van der Waals surface area (Å²) in [5.74, 6) is 2.89. The lowest BCUT2D eigenvalue weighted by atomic mass is 9.96. The quantitative estimate of drug-likeness (QED) is 0.714. The van der Waals surface area contributed by atoms with Crippen molar-refractivity contribution in [1.82, 2.24) is 14.8 Å². The van der Waals surface area contributed by atoms with Crippen LogP contribution in [0.2, 0.25) is 0 Å². The van der Waals surface area contributed by atoms with Crippen LogP contribution in [0.15, 0.2) is 46.9 Å². The Hall–Kier alpha value is -2.04. The van der Waals surface area contributed by atoms with Gasteiger partial charge in [0.1, 0.15) is 11.5 Å². The minimum absolute atomic E-state index is 0.791. The first-order valence-electron chi connectivity index (χ1n) is 9.68. The molecule has 3 heterocycles. The summed E-state index contributed by atoms with van der Waals surface area (Å²) in [6.45, 7) is 7.46. The van der Waals surface area contributed by atoms with Crippen LogP contribution in [-0.2, 0) is 13.1 Å². The number of nitrogens with zero attached hydrogens (tertiary/aromatic N) is 2. The highest BCUT2D eigenvalue weighted by Gasteiger charge is 2.21. The van der Waals surface area contributed by atoms with Crippen LogP contribution in [0.4, 0.5) is 0 Å². The van der Waals surface area contributed by atoms with Crippen molar-refractivity contribution in [3.63, 3.8) is 0 Å². The van der Waals surface area contributed by atoms with Gasteiger partial charge in [-0.2, -0.15) is 0 Å². The summed E-state index contributed by atoms with van der Waals surface area (Å²) in [6.07, 6.45) is 2.55. The predicted molar refractivity (Wildman–Crippen MR) is 106 cm³/mol. The molecular formula is C22H29N3O. The van der Waals surface area contributed by atoms with Gasteiger partial charge >= 0.3 is 0 Å². The second-order valence-corrected chi connectivity index (χ2v) is 7.81. The fourth-order valence-electron chi connectivity index (χ4n) is 4.13. The number of aromatic nitrogens is 1. The van der Waals surface area contributed by atoms with E-state index in [9.17, 15) is 0 Å². The molecule has 0 aliphatic carbocycles. The van der Waals surface area contributed by atoms with Gasteiger partial charge in [-0.3, -0.25) is 4.90 Å². The summed E-state index contributed by atoms with van der Waals surface area (Å²) in [7, 11) is 2.24. The lowest BCUT2D eigenvalue weighted by molar-refractivity contribution is 0.139. The van der Waals surface area contributed by atoms with E-state index in [0.29, 0.717) is 0 Å². The van der Waals surface area contributed by atoms with Crippen molar-refractivity contribution in [1.29, 1.82) is 0 Å². The van der Waals surface area contributed by atoms with E-state index in [-0.39, 0.29) is 0 Å². The number of hydrogen-bond donors (Lipinski definition) is 1. The first-order chi connectivity index (χ1) is 12.7. The second-order valence-electron chi connectivity index (χ2n) is 7.81. The van der Waals surface area contributed by atoms with Gasteiger partial charge in [-0.25, -0.2) is 0 Å². The van der Waals surface area contributed by atoms with Gasteiger partial charge in [0.25, 0.3) is 0 Å². The van der Waals surface area contributed by atoms with Gasteiger partial charge in [0.05, 0.1) is 6.54 Å². The Morgan fingerprint density at radius 2 is 1.96 bits per heavy atom. The van der Waals surface area contributed by atoms with Crippen LogP contribution in [0.5, 0.6) is 0 Å². The molecule has 0 radical (unpaired) electrons. The molecule has 0 unspecified atom stereocenters. The molecule has 2 aromatic heterocycles. The molecule has 3 aromatic rings. The lowest BCUT2D eigenvalue weighted by Gasteiger charge is -2.33. The number of aryl methyl sites for hydroxylation is 1. The molecule has 4 rings (SSSR count). The Labute approximate surface area is 155 Å². The summed E-state index contributed by atoms with van der Waals surface area (Å²) >= 11 is 0. The number of rotatable bonds is 6. The van der Waals surface area contributed by atoms with Gasteiger partial charge in [-0.1, -0.05) is 18.2 Å². The summed E-state index contributed by atoms with van der Waals surface area (Å²) in [5.41, 5.74) is 2.54. The minimum atomic E-state index is 0.791. The van der Waals surface area contributed by atoms with Crippen molar-refractivity contribution >= 4 is 10.9 Å². The molecule has 1 saturated heterocycles. The van der Waals surface area contributed by atoms with Gasteiger partial charge in [0, 0.05) is 24.3 Å². The zero-order chi connectivity index (χ0) is 17.9. The third-order valence-corrected chi connectivity index (χ3v) is 5.48. The highest BCUT2D eigenvalue weighted by molar-refractivity contribution is 5.80. The lowest BCUT2D eigenvalue weighted by Crippen LogP contribution is -2.37. The Balaban J connectivity index is 1.24. The molecule has 1 aliphatic rings. The van der Waals surface area contributed by atoms with Crippen LogP contribution in [0, 0.1) is 12.8 Å². The number of nitrogens with one attached hydrogen (secondary N) is 1. The van der Waals surface area contributed by atoms with E-state index < -0.39 is 0 Å². The van der Waals surface area contributed by atoms with Crippen molar-refractivity contribution in [3.05, 3.63) is 59.7 Å². The van der Waals surface area contributed by atoms with E-state index in [1.54, 1.807) is 0 Å². The Bertz CT molecular complexity index is 809. The number of fused-ring (bicyclic) bond motifs is 1. The summed E-state index contributed by atoms with van der Waals surface area (Å²) in [6, 6.07) is 14.9. The molecule has 0 atom stereocenters. The van der Waals surface area contributed by atoms with Crippen LogP contribution < -0.4 is 0 Å². The maximum atomic E-state index is 5.72. The first kappa shape index (κ1) is 17.4. The maximum Gasteiger partial charge on any atom is 0.118 e. The number of benzene rings is 1. The summed E-state index contributed by atoms with van der Waals surface area (Å²) in [5, 5.41) is 1.30. The predicted octanol–water partition coefficient (Wildman–Crippen LogP) is 4.41. The number of piperidine rings is 1. The Kier molecular flexibility index (Phi) is 5.14. The number of likely N-dealkylation sites (tertiary alicyclic amines) is 1. The van der Waals surface area contributed by atoms with Crippen LogP contribution >= 0.6 is 0 Å². The molecule has 1 N–H and O–H groups in total. The first-order valence-corrected chi connectivity index (χ1v) is 9.68. The highest BCUT2D eigenvalue weighted by atomic mass is 16.3. The molecular weight excluding hydrogens is 322 g/mol. The normalized spacial score (nSPS) is 16.7. The topological polar surface area (TPSA) is 35.4 Å². The number of para-hydroxylation sites is 1. The van der Waals surface area contributed by atoms with E-state index in [4.69, 9.17) is 4.42 Å². The summed E-state index contributed by atoms with van der Waals surface area (Å²) < 4.78 is 5.72. The van der Waals surface area contributed by atoms with Gasteiger partial charge < -0.3 is 14.3 Å². The van der Waals surface area contributed by atoms with Gasteiger partial charge in [0.2, 0.25) is 0 Å². The fraction of sp³-hybridized carbons (Fsp3) is 0.455. The standard InChI is InChI=1S/C22H29N3O/c1-17-7-8-21(26-17)16-25-11-9-18(10-12-25)14-24(2)15-20-13-19-5-3-4-6-22(19)23-20/h3-8,13,18,23H,9-12,14-16H2,1-2H3.